The number of rotatable bonds is 3. The molecular weight excluding hydrogens is 464 g/mol. The summed E-state index contributed by atoms with van der Waals surface area (Å²) in [5, 5.41) is 7.28. The second kappa shape index (κ2) is 6.88. The molecule has 4 rings (SSSR count). The van der Waals surface area contributed by atoms with Gasteiger partial charge in [0.1, 0.15) is 11.4 Å². The number of pyridine rings is 1. The molecule has 0 atom stereocenters. The molecule has 0 radical (unpaired) electrons. The van der Waals surface area contributed by atoms with E-state index < -0.39 is 11.6 Å². The minimum absolute atomic E-state index is 0.131. The van der Waals surface area contributed by atoms with Gasteiger partial charge >= 0.3 is 6.03 Å². The minimum Gasteiger partial charge on any atom is -0.310 e. The molecular formula is C21H25BrN6O3. The maximum absolute atomic E-state index is 13.5. The average Bonchev–Trinajstić information content (AvgIpc) is 3.23. The lowest BCUT2D eigenvalue weighted by atomic mass is 9.92. The summed E-state index contributed by atoms with van der Waals surface area (Å²) in [6, 6.07) is 1.36. The van der Waals surface area contributed by atoms with E-state index in [1.807, 2.05) is 20.8 Å². The Morgan fingerprint density at radius 3 is 2.52 bits per heavy atom. The van der Waals surface area contributed by atoms with E-state index >= 15 is 0 Å². The first-order valence-corrected chi connectivity index (χ1v) is 10.8. The summed E-state index contributed by atoms with van der Waals surface area (Å²) < 4.78 is 2.19. The van der Waals surface area contributed by atoms with Crippen molar-refractivity contribution in [2.24, 2.45) is 7.05 Å². The highest BCUT2D eigenvalue weighted by atomic mass is 79.9. The van der Waals surface area contributed by atoms with Crippen LogP contribution in [0.4, 0.5) is 16.4 Å². The predicted molar refractivity (Wildman–Crippen MR) is 119 cm³/mol. The van der Waals surface area contributed by atoms with E-state index in [2.05, 4.69) is 31.3 Å². The van der Waals surface area contributed by atoms with Crippen LogP contribution in [0.2, 0.25) is 0 Å². The van der Waals surface area contributed by atoms with Crippen molar-refractivity contribution < 1.29 is 14.4 Å². The Hall–Kier alpha value is -2.75. The van der Waals surface area contributed by atoms with E-state index in [4.69, 9.17) is 0 Å². The summed E-state index contributed by atoms with van der Waals surface area (Å²) in [5.41, 5.74) is 0.970. The SMILES string of the molecule is Cn1nc(C(C)(C)C)c(Br)c1N1C(=O)N(Cc2ccnc3c2CC(=O)N3)C(C)(C)C1=O. The van der Waals surface area contributed by atoms with E-state index in [0.29, 0.717) is 16.1 Å². The van der Waals surface area contributed by atoms with Crippen LogP contribution in [0.3, 0.4) is 0 Å². The van der Waals surface area contributed by atoms with Crippen LogP contribution < -0.4 is 10.2 Å². The van der Waals surface area contributed by atoms with Gasteiger partial charge in [0.05, 0.1) is 16.6 Å². The average molecular weight is 489 g/mol. The van der Waals surface area contributed by atoms with Gasteiger partial charge < -0.3 is 10.2 Å². The van der Waals surface area contributed by atoms with Crippen molar-refractivity contribution in [1.82, 2.24) is 19.7 Å². The molecule has 9 nitrogen and oxygen atoms in total. The number of aromatic nitrogens is 3. The van der Waals surface area contributed by atoms with Crippen LogP contribution >= 0.6 is 15.9 Å². The van der Waals surface area contributed by atoms with Gasteiger partial charge in [-0.15, -0.1) is 0 Å². The number of halogens is 1. The van der Waals surface area contributed by atoms with Gasteiger partial charge in [0.2, 0.25) is 5.91 Å². The van der Waals surface area contributed by atoms with Crippen LogP contribution in [0.5, 0.6) is 0 Å². The van der Waals surface area contributed by atoms with E-state index in [1.54, 1.807) is 37.8 Å². The van der Waals surface area contributed by atoms with Crippen molar-refractivity contribution >= 4 is 45.4 Å². The van der Waals surface area contributed by atoms with Crippen molar-refractivity contribution in [3.63, 3.8) is 0 Å². The second-order valence-electron chi connectivity index (χ2n) is 9.45. The largest absolute Gasteiger partial charge is 0.333 e. The Bertz CT molecular complexity index is 1130. The Morgan fingerprint density at radius 2 is 1.90 bits per heavy atom. The molecule has 10 heteroatoms. The minimum atomic E-state index is -1.07. The molecule has 0 aliphatic carbocycles. The Morgan fingerprint density at radius 1 is 1.23 bits per heavy atom. The highest BCUT2D eigenvalue weighted by Crippen LogP contribution is 2.41. The zero-order valence-electron chi connectivity index (χ0n) is 18.4. The number of fused-ring (bicyclic) bond motifs is 1. The second-order valence-corrected chi connectivity index (χ2v) is 10.2. The third kappa shape index (κ3) is 3.24. The van der Waals surface area contributed by atoms with Crippen LogP contribution in [-0.4, -0.2) is 43.0 Å². The van der Waals surface area contributed by atoms with E-state index in [0.717, 1.165) is 16.8 Å². The molecule has 2 aromatic rings. The molecule has 0 saturated carbocycles. The smallest absolute Gasteiger partial charge is 0.310 e. The number of hydrogen-bond acceptors (Lipinski definition) is 5. The molecule has 1 N–H and O–H groups in total. The lowest BCUT2D eigenvalue weighted by molar-refractivity contribution is -0.123. The third-order valence-corrected chi connectivity index (χ3v) is 6.51. The molecule has 1 saturated heterocycles. The number of carbonyl (C=O) groups excluding carboxylic acids is 3. The van der Waals surface area contributed by atoms with Gasteiger partial charge in [-0.2, -0.15) is 5.10 Å². The fourth-order valence-corrected chi connectivity index (χ4v) is 5.10. The standard InChI is InChI=1S/C21H25BrN6O3/c1-20(2,3)15-14(22)17(26(6)25-15)28-18(30)21(4,5)27(19(28)31)10-11-7-8-23-16-12(11)9-13(29)24-16/h7-8H,9-10H2,1-6H3,(H,23,24,29). The summed E-state index contributed by atoms with van der Waals surface area (Å²) in [7, 11) is 1.72. The summed E-state index contributed by atoms with van der Waals surface area (Å²) in [6.07, 6.45) is 1.81. The molecule has 0 bridgehead atoms. The Balaban J connectivity index is 1.74. The van der Waals surface area contributed by atoms with Crippen molar-refractivity contribution in [1.29, 1.82) is 0 Å². The summed E-state index contributed by atoms with van der Waals surface area (Å²) >= 11 is 3.57. The lowest BCUT2D eigenvalue weighted by Crippen LogP contribution is -2.43. The van der Waals surface area contributed by atoms with Gasteiger partial charge in [-0.25, -0.2) is 14.7 Å². The first-order valence-electron chi connectivity index (χ1n) is 9.99. The van der Waals surface area contributed by atoms with Gasteiger partial charge in [-0.3, -0.25) is 14.3 Å². The molecule has 4 amide bonds. The quantitative estimate of drug-likeness (QED) is 0.668. The Labute approximate surface area is 188 Å². The zero-order chi connectivity index (χ0) is 22.9. The molecule has 0 spiro atoms. The van der Waals surface area contributed by atoms with Gasteiger partial charge in [-0.05, 0) is 41.4 Å². The van der Waals surface area contributed by atoms with Crippen LogP contribution in [-0.2, 0) is 35.0 Å². The van der Waals surface area contributed by atoms with Crippen LogP contribution in [0.25, 0.3) is 0 Å². The predicted octanol–water partition coefficient (Wildman–Crippen LogP) is 3.12. The van der Waals surface area contributed by atoms with Crippen molar-refractivity contribution in [2.75, 3.05) is 10.2 Å². The number of aryl methyl sites for hydroxylation is 1. The molecule has 1 fully saturated rings. The fourth-order valence-electron chi connectivity index (χ4n) is 3.99. The highest BCUT2D eigenvalue weighted by molar-refractivity contribution is 9.10. The lowest BCUT2D eigenvalue weighted by Gasteiger charge is -2.28. The monoisotopic (exact) mass is 488 g/mol. The number of nitrogens with one attached hydrogen (secondary N) is 1. The van der Waals surface area contributed by atoms with Gasteiger partial charge in [-0.1, -0.05) is 20.8 Å². The number of imide groups is 1. The third-order valence-electron chi connectivity index (χ3n) is 5.78. The molecule has 4 heterocycles. The van der Waals surface area contributed by atoms with Gasteiger partial charge in [0.25, 0.3) is 5.91 Å². The van der Waals surface area contributed by atoms with Crippen LogP contribution in [0, 0.1) is 0 Å². The van der Waals surface area contributed by atoms with E-state index in [9.17, 15) is 14.4 Å². The first kappa shape index (κ1) is 21.5. The topological polar surface area (TPSA) is 100 Å². The fraction of sp³-hybridized carbons (Fsp3) is 0.476. The number of carbonyl (C=O) groups is 3. The van der Waals surface area contributed by atoms with Crippen molar-refractivity contribution in [2.45, 2.75) is 58.5 Å². The summed E-state index contributed by atoms with van der Waals surface area (Å²) in [5.74, 6) is 0.460. The molecule has 31 heavy (non-hydrogen) atoms. The normalized spacial score (nSPS) is 18.1. The highest BCUT2D eigenvalue weighted by Gasteiger charge is 2.53. The number of urea groups is 1. The number of amides is 4. The van der Waals surface area contributed by atoms with Gasteiger partial charge in [0.15, 0.2) is 5.82 Å². The van der Waals surface area contributed by atoms with E-state index in [-0.39, 0.29) is 30.2 Å². The molecule has 2 aliphatic heterocycles. The van der Waals surface area contributed by atoms with Crippen LogP contribution in [0.1, 0.15) is 51.4 Å². The van der Waals surface area contributed by atoms with Crippen LogP contribution in [0.15, 0.2) is 16.7 Å². The summed E-state index contributed by atoms with van der Waals surface area (Å²) in [6.45, 7) is 9.71. The van der Waals surface area contributed by atoms with Gasteiger partial charge in [0, 0.05) is 30.8 Å². The molecule has 164 valence electrons. The zero-order valence-corrected chi connectivity index (χ0v) is 20.0. The van der Waals surface area contributed by atoms with Crippen molar-refractivity contribution in [3.8, 4) is 0 Å². The molecule has 2 aliphatic rings. The number of hydrogen-bond donors (Lipinski definition) is 1. The maximum Gasteiger partial charge on any atom is 0.333 e. The maximum atomic E-state index is 13.5. The summed E-state index contributed by atoms with van der Waals surface area (Å²) in [4.78, 5) is 45.7. The molecule has 2 aromatic heterocycles. The van der Waals surface area contributed by atoms with Crippen molar-refractivity contribution in [3.05, 3.63) is 33.6 Å². The number of anilines is 2. The molecule has 0 aromatic carbocycles. The Kier molecular flexibility index (Phi) is 4.77. The number of nitrogens with zero attached hydrogens (tertiary/aromatic N) is 5. The van der Waals surface area contributed by atoms with E-state index in [1.165, 1.54) is 9.80 Å². The first-order chi connectivity index (χ1) is 14.3. The molecule has 0 unspecified atom stereocenters.